The number of nitrogens with zero attached hydrogens (tertiary/aromatic N) is 2. The number of amides is 2. The van der Waals surface area contributed by atoms with Crippen LogP contribution in [-0.4, -0.2) is 97.7 Å². The summed E-state index contributed by atoms with van der Waals surface area (Å²) >= 11 is 0. The monoisotopic (exact) mass is 550 g/mol. The van der Waals surface area contributed by atoms with Crippen molar-refractivity contribution < 1.29 is 47.7 Å². The highest BCUT2D eigenvalue weighted by Gasteiger charge is 2.26. The second-order valence-electron chi connectivity index (χ2n) is 8.69. The lowest BCUT2D eigenvalue weighted by molar-refractivity contribution is -0.131. The Kier molecular flexibility index (Phi) is 9.49. The molecule has 0 bridgehead atoms. The molecular weight excluding hydrogens is 524 g/mol. The molecule has 0 aromatic heterocycles. The Labute approximate surface area is 229 Å². The first kappa shape index (κ1) is 28.3. The van der Waals surface area contributed by atoms with Gasteiger partial charge in [-0.05, 0) is 48.5 Å². The van der Waals surface area contributed by atoms with Crippen molar-refractivity contribution in [1.29, 1.82) is 0 Å². The number of benzene rings is 2. The molecule has 0 unspecified atom stereocenters. The first-order chi connectivity index (χ1) is 19.3. The van der Waals surface area contributed by atoms with E-state index in [0.717, 1.165) is 12.2 Å². The second kappa shape index (κ2) is 13.4. The van der Waals surface area contributed by atoms with Gasteiger partial charge in [-0.1, -0.05) is 0 Å². The third kappa shape index (κ3) is 7.46. The molecule has 2 aromatic rings. The summed E-state index contributed by atoms with van der Waals surface area (Å²) in [5.41, 5.74) is 0.294. The lowest BCUT2D eigenvalue weighted by Gasteiger charge is -2.26. The number of esters is 2. The van der Waals surface area contributed by atoms with Gasteiger partial charge in [0, 0.05) is 49.5 Å². The van der Waals surface area contributed by atoms with Gasteiger partial charge < -0.3 is 28.7 Å². The normalized spacial score (nSPS) is 15.4. The highest BCUT2D eigenvalue weighted by molar-refractivity contribution is 6.43. The van der Waals surface area contributed by atoms with E-state index in [1.54, 1.807) is 0 Å². The Morgan fingerprint density at radius 2 is 0.875 bits per heavy atom. The Morgan fingerprint density at radius 1 is 0.550 bits per heavy atom. The van der Waals surface area contributed by atoms with Crippen LogP contribution in [0.5, 0.6) is 11.5 Å². The van der Waals surface area contributed by atoms with Crippen LogP contribution in [0.25, 0.3) is 0 Å². The number of hydrogen-bond acceptors (Lipinski definition) is 10. The summed E-state index contributed by atoms with van der Waals surface area (Å²) < 4.78 is 20.6. The Morgan fingerprint density at radius 3 is 1.20 bits per heavy atom. The van der Waals surface area contributed by atoms with Crippen LogP contribution >= 0.6 is 0 Å². The number of carbonyl (C=O) groups excluding carboxylic acids is 6. The molecule has 0 aliphatic carbocycles. The molecule has 2 aromatic carbocycles. The number of carbonyl (C=O) groups is 6. The second-order valence-corrected chi connectivity index (χ2v) is 8.69. The van der Waals surface area contributed by atoms with Crippen molar-refractivity contribution in [3.63, 3.8) is 0 Å². The zero-order chi connectivity index (χ0) is 28.5. The predicted octanol–water partition coefficient (Wildman–Crippen LogP) is 0.837. The molecule has 0 N–H and O–H groups in total. The third-order valence-corrected chi connectivity index (χ3v) is 6.01. The standard InChI is InChI=1S/C28H26N2O10/c31-23(39-21-5-1-19(2-6-21)25(33)27(35)29-11-15-37-16-12-29)9-10-24(32)40-22-7-3-20(4-8-22)26(34)28(36)30-13-17-38-18-14-30/h1-10H,11-18H2/b10-9+. The van der Waals surface area contributed by atoms with Crippen LogP contribution in [-0.2, 0) is 28.7 Å². The van der Waals surface area contributed by atoms with Crippen LogP contribution < -0.4 is 9.47 Å². The fourth-order valence-corrected chi connectivity index (χ4v) is 3.85. The van der Waals surface area contributed by atoms with Crippen molar-refractivity contribution in [2.45, 2.75) is 0 Å². The number of Topliss-reactive ketones (excluding diaryl/α,β-unsaturated/α-hetero) is 2. The van der Waals surface area contributed by atoms with E-state index in [1.807, 2.05) is 0 Å². The van der Waals surface area contributed by atoms with Crippen molar-refractivity contribution in [2.24, 2.45) is 0 Å². The lowest BCUT2D eigenvalue weighted by Crippen LogP contribution is -2.44. The van der Waals surface area contributed by atoms with Crippen LogP contribution in [0.4, 0.5) is 0 Å². The van der Waals surface area contributed by atoms with Gasteiger partial charge in [-0.15, -0.1) is 0 Å². The molecule has 4 rings (SSSR count). The summed E-state index contributed by atoms with van der Waals surface area (Å²) in [4.78, 5) is 76.5. The summed E-state index contributed by atoms with van der Waals surface area (Å²) in [5.74, 6) is -4.15. The van der Waals surface area contributed by atoms with Crippen LogP contribution in [0.15, 0.2) is 60.7 Å². The van der Waals surface area contributed by atoms with Gasteiger partial charge in [-0.25, -0.2) is 9.59 Å². The minimum absolute atomic E-state index is 0.102. The first-order valence-electron chi connectivity index (χ1n) is 12.5. The van der Waals surface area contributed by atoms with Crippen molar-refractivity contribution in [3.05, 3.63) is 71.8 Å². The van der Waals surface area contributed by atoms with E-state index in [-0.39, 0.29) is 22.6 Å². The minimum Gasteiger partial charge on any atom is -0.423 e. The summed E-state index contributed by atoms with van der Waals surface area (Å²) in [7, 11) is 0. The molecule has 2 aliphatic rings. The fraction of sp³-hybridized carbons (Fsp3) is 0.286. The van der Waals surface area contributed by atoms with Gasteiger partial charge in [-0.3, -0.25) is 19.2 Å². The molecule has 0 saturated carbocycles. The largest absolute Gasteiger partial charge is 0.423 e. The van der Waals surface area contributed by atoms with Crippen LogP contribution in [0, 0.1) is 0 Å². The Bertz CT molecular complexity index is 1200. The number of ether oxygens (including phenoxy) is 4. The number of morpholine rings is 2. The van der Waals surface area contributed by atoms with Gasteiger partial charge in [0.2, 0.25) is 11.6 Å². The zero-order valence-electron chi connectivity index (χ0n) is 21.4. The van der Waals surface area contributed by atoms with Crippen molar-refractivity contribution in [1.82, 2.24) is 9.80 Å². The predicted molar refractivity (Wildman–Crippen MR) is 137 cm³/mol. The first-order valence-corrected chi connectivity index (χ1v) is 12.5. The van der Waals surface area contributed by atoms with E-state index >= 15 is 0 Å². The van der Waals surface area contributed by atoms with E-state index in [9.17, 15) is 28.8 Å². The molecule has 0 spiro atoms. The van der Waals surface area contributed by atoms with Crippen LogP contribution in [0.2, 0.25) is 0 Å². The zero-order valence-corrected chi connectivity index (χ0v) is 21.4. The summed E-state index contributed by atoms with van der Waals surface area (Å²) in [6.07, 6.45) is 1.73. The number of ketones is 2. The van der Waals surface area contributed by atoms with Gasteiger partial charge in [0.1, 0.15) is 11.5 Å². The highest BCUT2D eigenvalue weighted by atomic mass is 16.5. The summed E-state index contributed by atoms with van der Waals surface area (Å²) in [6, 6.07) is 10.9. The van der Waals surface area contributed by atoms with Gasteiger partial charge in [0.15, 0.2) is 0 Å². The summed E-state index contributed by atoms with van der Waals surface area (Å²) in [6.45, 7) is 2.88. The van der Waals surface area contributed by atoms with Gasteiger partial charge in [0.25, 0.3) is 11.8 Å². The third-order valence-electron chi connectivity index (χ3n) is 6.01. The van der Waals surface area contributed by atoms with Gasteiger partial charge in [0.05, 0.1) is 26.4 Å². The quantitative estimate of drug-likeness (QED) is 0.152. The molecule has 12 nitrogen and oxygen atoms in total. The molecule has 40 heavy (non-hydrogen) atoms. The molecule has 2 saturated heterocycles. The van der Waals surface area contributed by atoms with E-state index in [2.05, 4.69) is 0 Å². The Balaban J connectivity index is 1.24. The maximum Gasteiger partial charge on any atom is 0.336 e. The molecule has 2 heterocycles. The maximum absolute atomic E-state index is 12.4. The lowest BCUT2D eigenvalue weighted by atomic mass is 10.1. The molecule has 2 amide bonds. The number of rotatable bonds is 8. The van der Waals surface area contributed by atoms with Crippen molar-refractivity contribution in [3.8, 4) is 11.5 Å². The van der Waals surface area contributed by atoms with E-state index in [0.29, 0.717) is 52.6 Å². The molecule has 2 fully saturated rings. The van der Waals surface area contributed by atoms with Gasteiger partial charge >= 0.3 is 11.9 Å². The molecule has 12 heteroatoms. The van der Waals surface area contributed by atoms with Gasteiger partial charge in [-0.2, -0.15) is 0 Å². The molecular formula is C28H26N2O10. The summed E-state index contributed by atoms with van der Waals surface area (Å²) in [5, 5.41) is 0. The average Bonchev–Trinajstić information content (AvgIpc) is 3.00. The highest BCUT2D eigenvalue weighted by Crippen LogP contribution is 2.16. The smallest absolute Gasteiger partial charge is 0.336 e. The van der Waals surface area contributed by atoms with Crippen molar-refractivity contribution >= 4 is 35.3 Å². The fourth-order valence-electron chi connectivity index (χ4n) is 3.85. The molecule has 2 aliphatic heterocycles. The molecule has 0 atom stereocenters. The van der Waals surface area contributed by atoms with Crippen molar-refractivity contribution in [2.75, 3.05) is 52.6 Å². The van der Waals surface area contributed by atoms with Crippen LogP contribution in [0.1, 0.15) is 20.7 Å². The average molecular weight is 551 g/mol. The van der Waals surface area contributed by atoms with E-state index < -0.39 is 35.3 Å². The number of hydrogen-bond donors (Lipinski definition) is 0. The molecule has 0 radical (unpaired) electrons. The Hall–Kier alpha value is -4.68. The topological polar surface area (TPSA) is 146 Å². The maximum atomic E-state index is 12.4. The SMILES string of the molecule is O=C(/C=C/C(=O)Oc1ccc(C(=O)C(=O)N2CCOCC2)cc1)Oc1ccc(C(=O)C(=O)N2CCOCC2)cc1. The van der Waals surface area contributed by atoms with E-state index in [4.69, 9.17) is 18.9 Å². The van der Waals surface area contributed by atoms with Crippen LogP contribution in [0.3, 0.4) is 0 Å². The minimum atomic E-state index is -0.872. The molecule has 208 valence electrons. The van der Waals surface area contributed by atoms with E-state index in [1.165, 1.54) is 58.3 Å².